The Kier molecular flexibility index (Phi) is 5.17. The molecule has 0 saturated carbocycles. The van der Waals surface area contributed by atoms with Gasteiger partial charge in [0.05, 0.1) is 0 Å². The second-order valence-corrected chi connectivity index (χ2v) is 8.21. The number of halogens is 2. The summed E-state index contributed by atoms with van der Waals surface area (Å²) < 4.78 is 27.2. The second-order valence-electron chi connectivity index (χ2n) is 8.21. The molecule has 0 fully saturated rings. The molecule has 0 unspecified atom stereocenters. The summed E-state index contributed by atoms with van der Waals surface area (Å²) in [6.45, 7) is 1.66. The minimum atomic E-state index is -0.327. The molecule has 3 aromatic rings. The molecular formula is C25H21F2N3O2. The van der Waals surface area contributed by atoms with E-state index in [1.54, 1.807) is 28.0 Å². The summed E-state index contributed by atoms with van der Waals surface area (Å²) in [6.07, 6.45) is 2.75. The lowest BCUT2D eigenvalue weighted by atomic mass is 9.98. The Bertz CT molecular complexity index is 1140. The molecule has 3 heterocycles. The van der Waals surface area contributed by atoms with Crippen LogP contribution < -0.4 is 0 Å². The number of benzene rings is 2. The maximum atomic E-state index is 13.6. The van der Waals surface area contributed by atoms with E-state index in [-0.39, 0.29) is 29.1 Å². The van der Waals surface area contributed by atoms with E-state index in [1.807, 2.05) is 0 Å². The van der Waals surface area contributed by atoms with Gasteiger partial charge in [-0.3, -0.25) is 14.6 Å². The quantitative estimate of drug-likeness (QED) is 0.619. The smallest absolute Gasteiger partial charge is 0.272 e. The van der Waals surface area contributed by atoms with Crippen molar-refractivity contribution in [3.05, 3.63) is 99.9 Å². The van der Waals surface area contributed by atoms with Gasteiger partial charge in [0.15, 0.2) is 0 Å². The Morgan fingerprint density at radius 1 is 0.719 bits per heavy atom. The van der Waals surface area contributed by atoms with Crippen LogP contribution in [-0.4, -0.2) is 39.7 Å². The van der Waals surface area contributed by atoms with Crippen LogP contribution in [0.2, 0.25) is 0 Å². The maximum Gasteiger partial charge on any atom is 0.272 e. The Morgan fingerprint density at radius 2 is 1.28 bits per heavy atom. The normalized spacial score (nSPS) is 15.2. The van der Waals surface area contributed by atoms with Crippen LogP contribution in [0.1, 0.15) is 43.1 Å². The van der Waals surface area contributed by atoms with Crippen molar-refractivity contribution in [2.45, 2.75) is 25.9 Å². The van der Waals surface area contributed by atoms with Gasteiger partial charge in [0.2, 0.25) is 0 Å². The molecule has 0 saturated heterocycles. The third kappa shape index (κ3) is 3.86. The van der Waals surface area contributed by atoms with Crippen molar-refractivity contribution in [3.63, 3.8) is 0 Å². The van der Waals surface area contributed by atoms with Gasteiger partial charge in [-0.05, 0) is 71.5 Å². The second kappa shape index (κ2) is 8.15. The lowest BCUT2D eigenvalue weighted by Gasteiger charge is -2.30. The Morgan fingerprint density at radius 3 is 1.88 bits per heavy atom. The van der Waals surface area contributed by atoms with Crippen LogP contribution in [0.4, 0.5) is 8.78 Å². The average molecular weight is 433 g/mol. The molecule has 5 nitrogen and oxygen atoms in total. The number of pyridine rings is 1. The zero-order valence-electron chi connectivity index (χ0n) is 17.4. The highest BCUT2D eigenvalue weighted by Crippen LogP contribution is 2.23. The SMILES string of the molecule is O=C(c1ccnc(C(=O)N2CCc3ccc(F)cc3C2)c1)N1CCc2ccc(F)cc2C1. The predicted octanol–water partition coefficient (Wildman–Crippen LogP) is 3.76. The topological polar surface area (TPSA) is 53.5 Å². The third-order valence-electron chi connectivity index (χ3n) is 6.16. The molecule has 0 aliphatic carbocycles. The Labute approximate surface area is 184 Å². The fraction of sp³-hybridized carbons (Fsp3) is 0.240. The molecule has 7 heteroatoms. The largest absolute Gasteiger partial charge is 0.334 e. The van der Waals surface area contributed by atoms with E-state index in [9.17, 15) is 18.4 Å². The number of amides is 2. The van der Waals surface area contributed by atoms with Gasteiger partial charge < -0.3 is 9.80 Å². The van der Waals surface area contributed by atoms with Gasteiger partial charge in [0.1, 0.15) is 17.3 Å². The first-order valence-corrected chi connectivity index (χ1v) is 10.6. The summed E-state index contributed by atoms with van der Waals surface area (Å²) in [6, 6.07) is 12.4. The molecule has 0 atom stereocenters. The van der Waals surface area contributed by atoms with Gasteiger partial charge in [0, 0.05) is 37.9 Å². The zero-order valence-corrected chi connectivity index (χ0v) is 17.4. The highest BCUT2D eigenvalue weighted by Gasteiger charge is 2.26. The van der Waals surface area contributed by atoms with Crippen molar-refractivity contribution in [2.24, 2.45) is 0 Å². The molecule has 0 N–H and O–H groups in total. The number of hydrogen-bond acceptors (Lipinski definition) is 3. The van der Waals surface area contributed by atoms with Gasteiger partial charge in [-0.2, -0.15) is 0 Å². The van der Waals surface area contributed by atoms with Crippen LogP contribution in [-0.2, 0) is 25.9 Å². The molecule has 32 heavy (non-hydrogen) atoms. The summed E-state index contributed by atoms with van der Waals surface area (Å²) >= 11 is 0. The van der Waals surface area contributed by atoms with E-state index in [0.717, 1.165) is 22.3 Å². The molecule has 1 aromatic heterocycles. The van der Waals surface area contributed by atoms with E-state index < -0.39 is 0 Å². The first-order valence-electron chi connectivity index (χ1n) is 10.6. The van der Waals surface area contributed by atoms with E-state index in [0.29, 0.717) is 44.6 Å². The molecular weight excluding hydrogens is 412 g/mol. The van der Waals surface area contributed by atoms with E-state index in [2.05, 4.69) is 4.98 Å². The van der Waals surface area contributed by atoms with Gasteiger partial charge in [-0.15, -0.1) is 0 Å². The predicted molar refractivity (Wildman–Crippen MR) is 114 cm³/mol. The first kappa shape index (κ1) is 20.3. The number of rotatable bonds is 2. The molecule has 0 spiro atoms. The van der Waals surface area contributed by atoms with Crippen molar-refractivity contribution >= 4 is 11.8 Å². The highest BCUT2D eigenvalue weighted by molar-refractivity contribution is 5.98. The molecule has 2 amide bonds. The number of fused-ring (bicyclic) bond motifs is 2. The van der Waals surface area contributed by atoms with Crippen LogP contribution >= 0.6 is 0 Å². The van der Waals surface area contributed by atoms with Crippen molar-refractivity contribution < 1.29 is 18.4 Å². The average Bonchev–Trinajstić information content (AvgIpc) is 2.82. The summed E-state index contributed by atoms with van der Waals surface area (Å²) in [5.74, 6) is -1.16. The van der Waals surface area contributed by atoms with E-state index in [1.165, 1.54) is 36.5 Å². The van der Waals surface area contributed by atoms with Crippen LogP contribution in [0, 0.1) is 11.6 Å². The minimum absolute atomic E-state index is 0.180. The fourth-order valence-corrected chi connectivity index (χ4v) is 4.42. The fourth-order valence-electron chi connectivity index (χ4n) is 4.42. The lowest BCUT2D eigenvalue weighted by molar-refractivity contribution is 0.0727. The number of hydrogen-bond donors (Lipinski definition) is 0. The molecule has 5 rings (SSSR count). The molecule has 0 radical (unpaired) electrons. The van der Waals surface area contributed by atoms with Gasteiger partial charge in [0.25, 0.3) is 11.8 Å². The summed E-state index contributed by atoms with van der Waals surface area (Å²) in [7, 11) is 0. The zero-order chi connectivity index (χ0) is 22.2. The molecule has 2 aliphatic heterocycles. The van der Waals surface area contributed by atoms with Crippen molar-refractivity contribution in [2.75, 3.05) is 13.1 Å². The molecule has 0 bridgehead atoms. The van der Waals surface area contributed by atoms with Crippen LogP contribution in [0.3, 0.4) is 0 Å². The number of aromatic nitrogens is 1. The summed E-state index contributed by atoms with van der Waals surface area (Å²) in [4.78, 5) is 33.6. The summed E-state index contributed by atoms with van der Waals surface area (Å²) in [5, 5.41) is 0. The van der Waals surface area contributed by atoms with Gasteiger partial charge in [-0.25, -0.2) is 8.78 Å². The summed E-state index contributed by atoms with van der Waals surface area (Å²) in [5.41, 5.74) is 4.22. The van der Waals surface area contributed by atoms with Crippen LogP contribution in [0.15, 0.2) is 54.7 Å². The van der Waals surface area contributed by atoms with Gasteiger partial charge >= 0.3 is 0 Å². The van der Waals surface area contributed by atoms with E-state index in [4.69, 9.17) is 0 Å². The maximum absolute atomic E-state index is 13.6. The van der Waals surface area contributed by atoms with Crippen molar-refractivity contribution in [1.29, 1.82) is 0 Å². The van der Waals surface area contributed by atoms with Gasteiger partial charge in [-0.1, -0.05) is 12.1 Å². The van der Waals surface area contributed by atoms with Crippen molar-refractivity contribution in [3.8, 4) is 0 Å². The van der Waals surface area contributed by atoms with Crippen LogP contribution in [0.5, 0.6) is 0 Å². The number of carbonyl (C=O) groups is 2. The number of nitrogens with zero attached hydrogens (tertiary/aromatic N) is 3. The minimum Gasteiger partial charge on any atom is -0.334 e. The third-order valence-corrected chi connectivity index (χ3v) is 6.16. The lowest BCUT2D eigenvalue weighted by Crippen LogP contribution is -2.37. The molecule has 2 aliphatic rings. The first-order chi connectivity index (χ1) is 15.5. The van der Waals surface area contributed by atoms with Crippen LogP contribution in [0.25, 0.3) is 0 Å². The Hall–Kier alpha value is -3.61. The number of carbonyl (C=O) groups excluding carboxylic acids is 2. The van der Waals surface area contributed by atoms with E-state index >= 15 is 0 Å². The van der Waals surface area contributed by atoms with Crippen molar-refractivity contribution in [1.82, 2.24) is 14.8 Å². The standard InChI is InChI=1S/C25H21F2N3O2/c26-21-3-1-16-6-9-29(14-19(16)11-21)24(31)18-5-8-28-23(13-18)25(32)30-10-7-17-2-4-22(27)12-20(17)15-30/h1-5,8,11-13H,6-7,9-10,14-15H2. The highest BCUT2D eigenvalue weighted by atomic mass is 19.1. The monoisotopic (exact) mass is 433 g/mol. The molecule has 162 valence electrons. The molecule has 2 aromatic carbocycles. The Balaban J connectivity index is 1.33.